The van der Waals surface area contributed by atoms with Gasteiger partial charge in [0.15, 0.2) is 11.5 Å². The molecule has 6 nitrogen and oxygen atoms in total. The molecule has 0 unspecified atom stereocenters. The summed E-state index contributed by atoms with van der Waals surface area (Å²) in [5.41, 5.74) is 7.14. The Balaban J connectivity index is 1.78. The van der Waals surface area contributed by atoms with Crippen molar-refractivity contribution in [2.75, 3.05) is 13.0 Å². The van der Waals surface area contributed by atoms with E-state index in [0.29, 0.717) is 20.6 Å². The molecule has 0 saturated carbocycles. The number of hydrogen-bond acceptors (Lipinski definition) is 7. The molecule has 0 radical (unpaired) electrons. The summed E-state index contributed by atoms with van der Waals surface area (Å²) in [6.07, 6.45) is 1.80. The first-order valence-electron chi connectivity index (χ1n) is 8.17. The molecule has 2 aromatic carbocycles. The van der Waals surface area contributed by atoms with Gasteiger partial charge in [-0.1, -0.05) is 18.2 Å². The third-order valence-corrected chi connectivity index (χ3v) is 8.59. The van der Waals surface area contributed by atoms with E-state index in [-0.39, 0.29) is 22.4 Å². The van der Waals surface area contributed by atoms with Gasteiger partial charge in [0, 0.05) is 0 Å². The lowest BCUT2D eigenvalue weighted by Crippen LogP contribution is -2.08. The molecule has 1 aliphatic rings. The topological polar surface area (TPSA) is 102 Å². The highest BCUT2D eigenvalue weighted by molar-refractivity contribution is 8.01. The zero-order chi connectivity index (χ0) is 19.9. The zero-order valence-electron chi connectivity index (χ0n) is 14.8. The van der Waals surface area contributed by atoms with Crippen molar-refractivity contribution in [3.8, 4) is 22.6 Å². The van der Waals surface area contributed by atoms with E-state index in [0.717, 1.165) is 11.1 Å². The summed E-state index contributed by atoms with van der Waals surface area (Å²) in [4.78, 5) is 0.804. The minimum Gasteiger partial charge on any atom is -0.454 e. The maximum absolute atomic E-state index is 13.3. The van der Waals surface area contributed by atoms with E-state index in [9.17, 15) is 8.42 Å². The molecule has 0 amide bonds. The number of thiophene rings is 1. The summed E-state index contributed by atoms with van der Waals surface area (Å²) in [5.74, 6) is 1.17. The van der Waals surface area contributed by atoms with E-state index >= 15 is 0 Å². The van der Waals surface area contributed by atoms with Crippen molar-refractivity contribution >= 4 is 38.8 Å². The van der Waals surface area contributed by atoms with Crippen LogP contribution in [0.5, 0.6) is 11.5 Å². The van der Waals surface area contributed by atoms with Crippen LogP contribution in [0.1, 0.15) is 4.88 Å². The predicted octanol–water partition coefficient (Wildman–Crippen LogP) is 3.98. The molecule has 144 valence electrons. The fourth-order valence-corrected chi connectivity index (χ4v) is 6.77. The predicted molar refractivity (Wildman–Crippen MR) is 111 cm³/mol. The van der Waals surface area contributed by atoms with E-state index in [2.05, 4.69) is 0 Å². The maximum Gasteiger partial charge on any atom is 0.231 e. The fraction of sp³-hybridized carbons (Fsp3) is 0.105. The molecule has 0 bridgehead atoms. The first-order valence-corrected chi connectivity index (χ1v) is 11.7. The van der Waals surface area contributed by atoms with E-state index in [1.165, 1.54) is 29.2 Å². The van der Waals surface area contributed by atoms with Crippen LogP contribution in [-0.4, -0.2) is 27.3 Å². The number of rotatable bonds is 5. The lowest BCUT2D eigenvalue weighted by Gasteiger charge is -2.08. The maximum atomic E-state index is 13.3. The van der Waals surface area contributed by atoms with Gasteiger partial charge in [-0.2, -0.15) is 0 Å². The van der Waals surface area contributed by atoms with Crippen LogP contribution in [0.3, 0.4) is 0 Å². The average Bonchev–Trinajstić information content (AvgIpc) is 3.34. The second kappa shape index (κ2) is 7.16. The molecule has 1 aliphatic heterocycles. The van der Waals surface area contributed by atoms with E-state index in [1.54, 1.807) is 24.5 Å². The molecule has 3 aromatic rings. The van der Waals surface area contributed by atoms with Crippen molar-refractivity contribution in [1.82, 2.24) is 0 Å². The van der Waals surface area contributed by atoms with Crippen LogP contribution in [0.4, 0.5) is 0 Å². The van der Waals surface area contributed by atoms with Crippen LogP contribution in [0.25, 0.3) is 11.1 Å². The van der Waals surface area contributed by atoms with Crippen molar-refractivity contribution in [2.24, 2.45) is 5.73 Å². The second-order valence-corrected chi connectivity index (χ2v) is 10.0. The number of sulfone groups is 1. The van der Waals surface area contributed by atoms with E-state index in [4.69, 9.17) is 20.6 Å². The van der Waals surface area contributed by atoms with Crippen LogP contribution in [0.2, 0.25) is 0 Å². The normalized spacial score (nSPS) is 12.9. The van der Waals surface area contributed by atoms with Gasteiger partial charge in [0.1, 0.15) is 5.84 Å². The molecule has 0 fully saturated rings. The smallest absolute Gasteiger partial charge is 0.231 e. The number of benzene rings is 2. The molecule has 9 heteroatoms. The Morgan fingerprint density at radius 2 is 1.86 bits per heavy atom. The molecule has 3 N–H and O–H groups in total. The Morgan fingerprint density at radius 1 is 1.11 bits per heavy atom. The van der Waals surface area contributed by atoms with Gasteiger partial charge in [-0.25, -0.2) is 8.42 Å². The summed E-state index contributed by atoms with van der Waals surface area (Å²) in [7, 11) is -3.76. The van der Waals surface area contributed by atoms with Crippen molar-refractivity contribution in [1.29, 1.82) is 5.41 Å². The summed E-state index contributed by atoms with van der Waals surface area (Å²) < 4.78 is 37.9. The van der Waals surface area contributed by atoms with Crippen LogP contribution >= 0.6 is 23.1 Å². The minimum atomic E-state index is -3.76. The van der Waals surface area contributed by atoms with Gasteiger partial charge < -0.3 is 15.2 Å². The van der Waals surface area contributed by atoms with Crippen LogP contribution in [0, 0.1) is 5.41 Å². The Kier molecular flexibility index (Phi) is 4.82. The van der Waals surface area contributed by atoms with Gasteiger partial charge in [0.25, 0.3) is 0 Å². The molecular formula is C19H16N2O4S3. The first kappa shape index (κ1) is 18.9. The lowest BCUT2D eigenvalue weighted by atomic mass is 10.1. The Hall–Kier alpha value is -2.49. The number of nitrogens with one attached hydrogen (secondary N) is 1. The number of nitrogens with two attached hydrogens (primary N) is 1. The van der Waals surface area contributed by atoms with Crippen LogP contribution in [0.15, 0.2) is 62.5 Å². The molecule has 2 heterocycles. The number of nitrogen functional groups attached to an aromatic ring is 1. The number of amidine groups is 1. The molecule has 1 aromatic heterocycles. The number of thioether (sulfide) groups is 1. The highest BCUT2D eigenvalue weighted by Gasteiger charge is 2.25. The highest BCUT2D eigenvalue weighted by atomic mass is 32.2. The molecule has 0 aliphatic carbocycles. The van der Waals surface area contributed by atoms with Gasteiger partial charge in [0.2, 0.25) is 16.6 Å². The van der Waals surface area contributed by atoms with Gasteiger partial charge in [0.05, 0.1) is 18.9 Å². The Morgan fingerprint density at radius 3 is 2.61 bits per heavy atom. The van der Waals surface area contributed by atoms with Crippen molar-refractivity contribution in [3.63, 3.8) is 0 Å². The van der Waals surface area contributed by atoms with Gasteiger partial charge in [-0.3, -0.25) is 5.41 Å². The Labute approximate surface area is 170 Å². The molecule has 28 heavy (non-hydrogen) atoms. The SMILES string of the molecule is CSc1sc(C(=N)N)cc1S(=O)(=O)c1cccc(-c2ccc3c(c2)OCO3)c1. The summed E-state index contributed by atoms with van der Waals surface area (Å²) >= 11 is 2.53. The number of hydrogen-bond donors (Lipinski definition) is 2. The molecule has 4 rings (SSSR count). The van der Waals surface area contributed by atoms with E-state index in [1.807, 2.05) is 24.3 Å². The third kappa shape index (κ3) is 3.25. The molecule has 0 atom stereocenters. The van der Waals surface area contributed by atoms with E-state index < -0.39 is 9.84 Å². The third-order valence-electron chi connectivity index (χ3n) is 4.26. The van der Waals surface area contributed by atoms with Gasteiger partial charge in [-0.05, 0) is 47.7 Å². The number of fused-ring (bicyclic) bond motifs is 1. The average molecular weight is 433 g/mol. The van der Waals surface area contributed by atoms with Crippen LogP contribution < -0.4 is 15.2 Å². The summed E-state index contributed by atoms with van der Waals surface area (Å²) in [6, 6.07) is 13.8. The highest BCUT2D eigenvalue weighted by Crippen LogP contribution is 2.39. The molecule has 0 saturated heterocycles. The quantitative estimate of drug-likeness (QED) is 0.359. The van der Waals surface area contributed by atoms with Gasteiger partial charge in [-0.15, -0.1) is 23.1 Å². The summed E-state index contributed by atoms with van der Waals surface area (Å²) in [6.45, 7) is 0.182. The standard InChI is InChI=1S/C19H16N2O4S3/c1-26-19-17(9-16(27-19)18(20)21)28(22,23)13-4-2-3-11(7-13)12-5-6-14-15(8-12)25-10-24-14/h2-9H,10H2,1H3,(H3,20,21). The number of ether oxygens (including phenoxy) is 2. The molecular weight excluding hydrogens is 416 g/mol. The fourth-order valence-electron chi connectivity index (χ4n) is 2.87. The van der Waals surface area contributed by atoms with Gasteiger partial charge >= 0.3 is 0 Å². The largest absolute Gasteiger partial charge is 0.454 e. The van der Waals surface area contributed by atoms with Crippen LogP contribution in [-0.2, 0) is 9.84 Å². The Bertz CT molecular complexity index is 1190. The van der Waals surface area contributed by atoms with Crippen molar-refractivity contribution in [2.45, 2.75) is 14.0 Å². The molecule has 0 spiro atoms. The van der Waals surface area contributed by atoms with Crippen molar-refractivity contribution < 1.29 is 17.9 Å². The first-order chi connectivity index (χ1) is 13.4. The monoisotopic (exact) mass is 432 g/mol. The summed E-state index contributed by atoms with van der Waals surface area (Å²) in [5, 5.41) is 7.60. The second-order valence-electron chi connectivity index (χ2n) is 5.98. The minimum absolute atomic E-state index is 0.143. The lowest BCUT2D eigenvalue weighted by molar-refractivity contribution is 0.174. The van der Waals surface area contributed by atoms with Crippen molar-refractivity contribution in [3.05, 3.63) is 53.4 Å². The zero-order valence-corrected chi connectivity index (χ0v) is 17.2.